The molecular formula is C21H14N4O2S2. The summed E-state index contributed by atoms with van der Waals surface area (Å²) in [4.78, 5) is 35.8. The molecule has 0 bridgehead atoms. The third-order valence-corrected chi connectivity index (χ3v) is 6.38. The van der Waals surface area contributed by atoms with Gasteiger partial charge in [0.05, 0.1) is 10.2 Å². The van der Waals surface area contributed by atoms with Crippen LogP contribution in [0.1, 0.15) is 20.8 Å². The van der Waals surface area contributed by atoms with Crippen molar-refractivity contribution in [3.8, 4) is 0 Å². The van der Waals surface area contributed by atoms with Crippen molar-refractivity contribution < 1.29 is 4.79 Å². The molecule has 3 aromatic heterocycles. The smallest absolute Gasteiger partial charge is 0.271 e. The Morgan fingerprint density at radius 3 is 2.66 bits per heavy atom. The molecule has 0 radical (unpaired) electrons. The van der Waals surface area contributed by atoms with E-state index in [4.69, 9.17) is 0 Å². The van der Waals surface area contributed by atoms with Gasteiger partial charge in [-0.05, 0) is 17.7 Å². The van der Waals surface area contributed by atoms with Crippen molar-refractivity contribution >= 4 is 48.9 Å². The van der Waals surface area contributed by atoms with Gasteiger partial charge in [-0.3, -0.25) is 19.3 Å². The van der Waals surface area contributed by atoms with Crippen LogP contribution >= 0.6 is 22.7 Å². The molecule has 6 nitrogen and oxygen atoms in total. The zero-order chi connectivity index (χ0) is 19.8. The third-order valence-electron chi connectivity index (χ3n) is 4.44. The summed E-state index contributed by atoms with van der Waals surface area (Å²) in [5, 5.41) is 3.17. The lowest BCUT2D eigenvalue weighted by Crippen LogP contribution is -2.25. The van der Waals surface area contributed by atoms with E-state index in [9.17, 15) is 9.59 Å². The minimum Gasteiger partial charge on any atom is -0.298 e. The van der Waals surface area contributed by atoms with Gasteiger partial charge in [-0.15, -0.1) is 11.3 Å². The summed E-state index contributed by atoms with van der Waals surface area (Å²) in [5.41, 5.74) is 1.57. The number of nitrogens with zero attached hydrogens (tertiary/aromatic N) is 3. The van der Waals surface area contributed by atoms with E-state index in [0.717, 1.165) is 20.7 Å². The van der Waals surface area contributed by atoms with Crippen molar-refractivity contribution in [3.05, 3.63) is 93.3 Å². The largest absolute Gasteiger partial charge is 0.298 e. The van der Waals surface area contributed by atoms with Gasteiger partial charge in [-0.2, -0.15) is 0 Å². The van der Waals surface area contributed by atoms with Crippen LogP contribution in [-0.2, 0) is 6.42 Å². The second-order valence-corrected chi connectivity index (χ2v) is 8.55. The molecule has 0 aliphatic rings. The lowest BCUT2D eigenvalue weighted by Gasteiger charge is -2.01. The van der Waals surface area contributed by atoms with E-state index in [1.165, 1.54) is 33.3 Å². The summed E-state index contributed by atoms with van der Waals surface area (Å²) in [5.74, 6) is -0.508. The number of rotatable bonds is 4. The molecule has 2 aromatic carbocycles. The molecule has 142 valence electrons. The first-order chi connectivity index (χ1) is 14.2. The number of fused-ring (bicyclic) bond motifs is 2. The van der Waals surface area contributed by atoms with E-state index in [1.54, 1.807) is 6.20 Å². The number of benzene rings is 2. The van der Waals surface area contributed by atoms with Gasteiger partial charge >= 0.3 is 0 Å². The number of anilines is 1. The number of amides is 1. The predicted molar refractivity (Wildman–Crippen MR) is 116 cm³/mol. The molecule has 3 heterocycles. The average molecular weight is 419 g/mol. The first kappa shape index (κ1) is 17.7. The van der Waals surface area contributed by atoms with Gasteiger partial charge in [0.15, 0.2) is 10.1 Å². The number of hydrogen-bond donors (Lipinski definition) is 1. The van der Waals surface area contributed by atoms with Crippen molar-refractivity contribution in [2.24, 2.45) is 0 Å². The normalized spacial score (nSPS) is 11.2. The average Bonchev–Trinajstić information content (AvgIpc) is 3.32. The van der Waals surface area contributed by atoms with E-state index >= 15 is 0 Å². The van der Waals surface area contributed by atoms with Crippen LogP contribution in [-0.4, -0.2) is 20.3 Å². The maximum Gasteiger partial charge on any atom is 0.271 e. The van der Waals surface area contributed by atoms with Gasteiger partial charge in [0, 0.05) is 23.7 Å². The molecule has 0 aliphatic carbocycles. The summed E-state index contributed by atoms with van der Waals surface area (Å²) in [7, 11) is 0. The number of hydrogen-bond acceptors (Lipinski definition) is 6. The highest BCUT2D eigenvalue weighted by Gasteiger charge is 2.17. The van der Waals surface area contributed by atoms with Crippen molar-refractivity contribution in [1.29, 1.82) is 0 Å². The summed E-state index contributed by atoms with van der Waals surface area (Å²) in [6.45, 7) is 0. The highest BCUT2D eigenvalue weighted by atomic mass is 32.1. The van der Waals surface area contributed by atoms with Crippen molar-refractivity contribution in [2.75, 3.05) is 5.32 Å². The number of aromatic nitrogens is 3. The number of thiazole rings is 2. The lowest BCUT2D eigenvalue weighted by atomic mass is 10.1. The second kappa shape index (κ2) is 7.23. The molecule has 0 aliphatic heterocycles. The summed E-state index contributed by atoms with van der Waals surface area (Å²) in [6.07, 6.45) is 3.81. The van der Waals surface area contributed by atoms with Gasteiger partial charge in [0.25, 0.3) is 11.5 Å². The Kier molecular flexibility index (Phi) is 4.42. The Morgan fingerprint density at radius 1 is 1.03 bits per heavy atom. The van der Waals surface area contributed by atoms with Crippen LogP contribution in [0.2, 0.25) is 0 Å². The Balaban J connectivity index is 1.44. The molecule has 0 saturated carbocycles. The Morgan fingerprint density at radius 2 is 1.83 bits per heavy atom. The fourth-order valence-electron chi connectivity index (χ4n) is 3.06. The SMILES string of the molecule is O=C(Nc1nc2ccccc2s1)c1cnc2sc(Cc3ccccc3)cn2c1=O. The molecule has 1 amide bonds. The number of para-hydroxylation sites is 1. The molecule has 0 spiro atoms. The second-order valence-electron chi connectivity index (χ2n) is 6.43. The van der Waals surface area contributed by atoms with Crippen LogP contribution < -0.4 is 10.9 Å². The molecule has 1 N–H and O–H groups in total. The number of nitrogens with one attached hydrogen (secondary N) is 1. The fraction of sp³-hybridized carbons (Fsp3) is 0.0476. The first-order valence-electron chi connectivity index (χ1n) is 8.88. The minimum absolute atomic E-state index is 0.00850. The van der Waals surface area contributed by atoms with Gasteiger partial charge in [-0.1, -0.05) is 53.8 Å². The quantitative estimate of drug-likeness (QED) is 0.474. The number of carbonyl (C=O) groups excluding carboxylic acids is 1. The van der Waals surface area contributed by atoms with Gasteiger partial charge in [-0.25, -0.2) is 9.97 Å². The summed E-state index contributed by atoms with van der Waals surface area (Å²) >= 11 is 2.81. The van der Waals surface area contributed by atoms with E-state index in [1.807, 2.05) is 54.6 Å². The van der Waals surface area contributed by atoms with Crippen LogP contribution in [0.4, 0.5) is 5.13 Å². The first-order valence-corrected chi connectivity index (χ1v) is 10.5. The summed E-state index contributed by atoms with van der Waals surface area (Å²) in [6, 6.07) is 17.6. The molecule has 5 aromatic rings. The molecule has 0 saturated heterocycles. The topological polar surface area (TPSA) is 76.4 Å². The van der Waals surface area contributed by atoms with E-state index in [2.05, 4.69) is 15.3 Å². The minimum atomic E-state index is -0.508. The monoisotopic (exact) mass is 418 g/mol. The van der Waals surface area contributed by atoms with Crippen molar-refractivity contribution in [2.45, 2.75) is 6.42 Å². The highest BCUT2D eigenvalue weighted by molar-refractivity contribution is 7.22. The van der Waals surface area contributed by atoms with E-state index in [0.29, 0.717) is 16.5 Å². The lowest BCUT2D eigenvalue weighted by molar-refractivity contribution is 0.102. The molecule has 0 unspecified atom stereocenters. The highest BCUT2D eigenvalue weighted by Crippen LogP contribution is 2.25. The molecule has 8 heteroatoms. The van der Waals surface area contributed by atoms with Crippen LogP contribution in [0.25, 0.3) is 15.2 Å². The molecule has 29 heavy (non-hydrogen) atoms. The molecule has 0 fully saturated rings. The van der Waals surface area contributed by atoms with Gasteiger partial charge in [0.1, 0.15) is 5.56 Å². The fourth-order valence-corrected chi connectivity index (χ4v) is 4.89. The van der Waals surface area contributed by atoms with Crippen LogP contribution in [0.5, 0.6) is 0 Å². The Hall–Kier alpha value is -3.36. The maximum absolute atomic E-state index is 12.8. The number of carbonyl (C=O) groups is 1. The van der Waals surface area contributed by atoms with Gasteiger partial charge < -0.3 is 0 Å². The molecule has 5 rings (SSSR count). The zero-order valence-corrected chi connectivity index (χ0v) is 16.7. The standard InChI is InChI=1S/C21H14N4O2S2/c26-18(24-20-23-16-8-4-5-9-17(16)29-20)15-11-22-21-25(19(15)27)12-14(28-21)10-13-6-2-1-3-7-13/h1-9,11-12H,10H2,(H,23,24,26). The summed E-state index contributed by atoms with van der Waals surface area (Å²) < 4.78 is 2.41. The van der Waals surface area contributed by atoms with Crippen LogP contribution in [0, 0.1) is 0 Å². The van der Waals surface area contributed by atoms with E-state index in [-0.39, 0.29) is 11.1 Å². The Bertz CT molecular complexity index is 1370. The predicted octanol–water partition coefficient (Wildman–Crippen LogP) is 4.21. The van der Waals surface area contributed by atoms with Crippen LogP contribution in [0.15, 0.2) is 71.8 Å². The van der Waals surface area contributed by atoms with E-state index < -0.39 is 5.91 Å². The maximum atomic E-state index is 12.8. The molecular weight excluding hydrogens is 404 g/mol. The molecule has 0 atom stereocenters. The Labute approximate surface area is 173 Å². The van der Waals surface area contributed by atoms with Crippen LogP contribution in [0.3, 0.4) is 0 Å². The van der Waals surface area contributed by atoms with Crippen molar-refractivity contribution in [1.82, 2.24) is 14.4 Å². The van der Waals surface area contributed by atoms with Crippen molar-refractivity contribution in [3.63, 3.8) is 0 Å². The van der Waals surface area contributed by atoms with Gasteiger partial charge in [0.2, 0.25) is 0 Å². The third kappa shape index (κ3) is 3.43. The zero-order valence-electron chi connectivity index (χ0n) is 15.0.